The van der Waals surface area contributed by atoms with Gasteiger partial charge in [-0.25, -0.2) is 4.72 Å². The molecule has 0 bridgehead atoms. The Balaban J connectivity index is 0.00000289. The van der Waals surface area contributed by atoms with Crippen molar-refractivity contribution in [3.05, 3.63) is 0 Å². The first-order chi connectivity index (χ1) is 7.93. The van der Waals surface area contributed by atoms with Gasteiger partial charge in [-0.3, -0.25) is 0 Å². The van der Waals surface area contributed by atoms with Crippen LogP contribution in [0.5, 0.6) is 0 Å². The highest BCUT2D eigenvalue weighted by Crippen LogP contribution is 2.25. The van der Waals surface area contributed by atoms with Crippen molar-refractivity contribution in [2.24, 2.45) is 5.73 Å². The van der Waals surface area contributed by atoms with E-state index in [1.165, 1.54) is 10.7 Å². The van der Waals surface area contributed by atoms with Crippen molar-refractivity contribution in [1.29, 1.82) is 0 Å². The third-order valence-corrected chi connectivity index (χ3v) is 5.21. The molecule has 1 aliphatic carbocycles. The molecule has 0 unspecified atom stereocenters. The summed E-state index contributed by atoms with van der Waals surface area (Å²) in [4.78, 5) is 0. The molecule has 0 saturated heterocycles. The van der Waals surface area contributed by atoms with E-state index in [1.807, 2.05) is 13.8 Å². The fourth-order valence-electron chi connectivity index (χ4n) is 2.32. The summed E-state index contributed by atoms with van der Waals surface area (Å²) in [6.07, 6.45) is 5.23. The molecule has 0 aromatic carbocycles. The second-order valence-electron chi connectivity index (χ2n) is 4.83. The summed E-state index contributed by atoms with van der Waals surface area (Å²) < 4.78 is 27.9. The van der Waals surface area contributed by atoms with Gasteiger partial charge in [0.25, 0.3) is 10.2 Å². The average molecular weight is 300 g/mol. The minimum atomic E-state index is -3.36. The zero-order valence-corrected chi connectivity index (χ0v) is 12.9. The summed E-state index contributed by atoms with van der Waals surface area (Å²) in [6.45, 7) is 5.00. The molecule has 5 nitrogen and oxygen atoms in total. The second kappa shape index (κ2) is 7.65. The van der Waals surface area contributed by atoms with E-state index in [4.69, 9.17) is 5.73 Å². The highest BCUT2D eigenvalue weighted by molar-refractivity contribution is 7.87. The molecule has 0 spiro atoms. The van der Waals surface area contributed by atoms with Gasteiger partial charge in [0.1, 0.15) is 0 Å². The van der Waals surface area contributed by atoms with Crippen molar-refractivity contribution >= 4 is 22.6 Å². The van der Waals surface area contributed by atoms with Crippen molar-refractivity contribution < 1.29 is 8.42 Å². The third-order valence-electron chi connectivity index (χ3n) is 3.50. The molecule has 3 N–H and O–H groups in total. The molecular weight excluding hydrogens is 274 g/mol. The van der Waals surface area contributed by atoms with Crippen molar-refractivity contribution in [3.63, 3.8) is 0 Å². The number of nitrogens with two attached hydrogens (primary N) is 1. The number of halogens is 1. The first-order valence-electron chi connectivity index (χ1n) is 6.47. The van der Waals surface area contributed by atoms with E-state index in [1.54, 1.807) is 0 Å². The maximum Gasteiger partial charge on any atom is 0.279 e. The first kappa shape index (κ1) is 18.1. The molecule has 0 aromatic heterocycles. The molecule has 0 heterocycles. The fraction of sp³-hybridized carbons (Fsp3) is 1.00. The van der Waals surface area contributed by atoms with Crippen molar-refractivity contribution in [1.82, 2.24) is 9.03 Å². The smallest absolute Gasteiger partial charge is 0.279 e. The van der Waals surface area contributed by atoms with Gasteiger partial charge in [-0.1, -0.05) is 33.1 Å². The van der Waals surface area contributed by atoms with Crippen LogP contribution >= 0.6 is 12.4 Å². The lowest BCUT2D eigenvalue weighted by Crippen LogP contribution is -2.53. The Labute approximate surface area is 117 Å². The van der Waals surface area contributed by atoms with Gasteiger partial charge in [0.2, 0.25) is 0 Å². The molecule has 7 heteroatoms. The van der Waals surface area contributed by atoms with Crippen LogP contribution in [0.25, 0.3) is 0 Å². The van der Waals surface area contributed by atoms with E-state index in [0.29, 0.717) is 19.6 Å². The lowest BCUT2D eigenvalue weighted by molar-refractivity contribution is 0.293. The van der Waals surface area contributed by atoms with Crippen LogP contribution in [0.4, 0.5) is 0 Å². The monoisotopic (exact) mass is 299 g/mol. The Morgan fingerprint density at radius 2 is 1.67 bits per heavy atom. The SMILES string of the molecule is CCN(CC)S(=O)(=O)NCC1(N)CCCCC1.Cl. The maximum atomic E-state index is 11.9. The van der Waals surface area contributed by atoms with Crippen LogP contribution in [-0.4, -0.2) is 37.9 Å². The Hall–Kier alpha value is 0.120. The summed E-state index contributed by atoms with van der Waals surface area (Å²) >= 11 is 0. The van der Waals surface area contributed by atoms with Crippen LogP contribution in [-0.2, 0) is 10.2 Å². The molecule has 110 valence electrons. The molecule has 1 aliphatic rings. The van der Waals surface area contributed by atoms with Gasteiger partial charge in [-0.05, 0) is 12.8 Å². The van der Waals surface area contributed by atoms with Crippen molar-refractivity contribution in [2.75, 3.05) is 19.6 Å². The lowest BCUT2D eigenvalue weighted by atomic mass is 9.83. The molecule has 0 amide bonds. The number of rotatable bonds is 6. The third kappa shape index (κ3) is 5.01. The fourth-order valence-corrected chi connectivity index (χ4v) is 3.65. The quantitative estimate of drug-likeness (QED) is 0.775. The standard InChI is InChI=1S/C11H25N3O2S.ClH/c1-3-14(4-2)17(15,16)13-10-11(12)8-6-5-7-9-11;/h13H,3-10,12H2,1-2H3;1H. The normalized spacial score (nSPS) is 19.6. The predicted molar refractivity (Wildman–Crippen MR) is 77.1 cm³/mol. The highest BCUT2D eigenvalue weighted by atomic mass is 35.5. The van der Waals surface area contributed by atoms with Crippen LogP contribution in [0.15, 0.2) is 0 Å². The summed E-state index contributed by atoms with van der Waals surface area (Å²) in [7, 11) is -3.36. The van der Waals surface area contributed by atoms with Crippen LogP contribution in [0.2, 0.25) is 0 Å². The maximum absolute atomic E-state index is 11.9. The average Bonchev–Trinajstić information content (AvgIpc) is 2.29. The van der Waals surface area contributed by atoms with Gasteiger partial charge in [0.05, 0.1) is 0 Å². The Morgan fingerprint density at radius 3 is 2.11 bits per heavy atom. The summed E-state index contributed by atoms with van der Waals surface area (Å²) in [6, 6.07) is 0. The zero-order chi connectivity index (χ0) is 12.9. The van der Waals surface area contributed by atoms with Crippen LogP contribution in [0.3, 0.4) is 0 Å². The Morgan fingerprint density at radius 1 is 1.17 bits per heavy atom. The van der Waals surface area contributed by atoms with E-state index in [9.17, 15) is 8.42 Å². The molecule has 0 radical (unpaired) electrons. The molecule has 1 saturated carbocycles. The Bertz CT molecular complexity index is 325. The largest absolute Gasteiger partial charge is 0.324 e. The minimum absolute atomic E-state index is 0. The number of hydrogen-bond donors (Lipinski definition) is 2. The van der Waals surface area contributed by atoms with Crippen molar-refractivity contribution in [2.45, 2.75) is 51.5 Å². The van der Waals surface area contributed by atoms with E-state index >= 15 is 0 Å². The van der Waals surface area contributed by atoms with Crippen LogP contribution in [0.1, 0.15) is 46.0 Å². The van der Waals surface area contributed by atoms with Gasteiger partial charge in [-0.2, -0.15) is 12.7 Å². The number of hydrogen-bond acceptors (Lipinski definition) is 3. The lowest BCUT2D eigenvalue weighted by Gasteiger charge is -2.34. The van der Waals surface area contributed by atoms with Crippen molar-refractivity contribution in [3.8, 4) is 0 Å². The molecule has 1 rings (SSSR count). The van der Waals surface area contributed by atoms with E-state index in [-0.39, 0.29) is 17.9 Å². The first-order valence-corrected chi connectivity index (χ1v) is 7.91. The molecule has 0 aromatic rings. The Kier molecular flexibility index (Phi) is 7.70. The van der Waals surface area contributed by atoms with E-state index < -0.39 is 10.2 Å². The molecule has 1 fully saturated rings. The zero-order valence-electron chi connectivity index (χ0n) is 11.3. The van der Waals surface area contributed by atoms with Gasteiger partial charge in [0, 0.05) is 25.2 Å². The summed E-state index contributed by atoms with van der Waals surface area (Å²) in [5.74, 6) is 0. The molecule has 18 heavy (non-hydrogen) atoms. The van der Waals surface area contributed by atoms with Gasteiger partial charge >= 0.3 is 0 Å². The predicted octanol–water partition coefficient (Wildman–Crippen LogP) is 1.25. The van der Waals surface area contributed by atoms with Gasteiger partial charge < -0.3 is 5.73 Å². The molecule has 0 atom stereocenters. The second-order valence-corrected chi connectivity index (χ2v) is 6.59. The van der Waals surface area contributed by atoms with Gasteiger partial charge in [-0.15, -0.1) is 12.4 Å². The minimum Gasteiger partial charge on any atom is -0.324 e. The number of nitrogens with one attached hydrogen (secondary N) is 1. The highest BCUT2D eigenvalue weighted by Gasteiger charge is 2.30. The topological polar surface area (TPSA) is 75.4 Å². The van der Waals surface area contributed by atoms with Crippen LogP contribution < -0.4 is 10.5 Å². The molecule has 0 aliphatic heterocycles. The van der Waals surface area contributed by atoms with Crippen LogP contribution in [0, 0.1) is 0 Å². The summed E-state index contributed by atoms with van der Waals surface area (Å²) in [5, 5.41) is 0. The summed E-state index contributed by atoms with van der Waals surface area (Å²) in [5.41, 5.74) is 5.86. The van der Waals surface area contributed by atoms with Gasteiger partial charge in [0.15, 0.2) is 0 Å². The number of nitrogens with zero attached hydrogens (tertiary/aromatic N) is 1. The van der Waals surface area contributed by atoms with E-state index in [2.05, 4.69) is 4.72 Å². The molecular formula is C11H26ClN3O2S. The van der Waals surface area contributed by atoms with E-state index in [0.717, 1.165) is 25.7 Å².